The first-order valence-corrected chi connectivity index (χ1v) is 17.8. The maximum atomic E-state index is 13.5. The van der Waals surface area contributed by atoms with Crippen LogP contribution in [0, 0.1) is 23.7 Å². The Morgan fingerprint density at radius 2 is 1.73 bits per heavy atom. The Balaban J connectivity index is 1.12. The second kappa shape index (κ2) is 14.6. The zero-order valence-corrected chi connectivity index (χ0v) is 27.7. The van der Waals surface area contributed by atoms with Gasteiger partial charge < -0.3 is 21.3 Å². The lowest BCUT2D eigenvalue weighted by atomic mass is 9.67. The van der Waals surface area contributed by atoms with Gasteiger partial charge in [-0.3, -0.25) is 19.4 Å². The summed E-state index contributed by atoms with van der Waals surface area (Å²) in [6, 6.07) is 13.2. The minimum Gasteiger partial charge on any atom is -0.352 e. The summed E-state index contributed by atoms with van der Waals surface area (Å²) in [5, 5.41) is 16.8. The van der Waals surface area contributed by atoms with Crippen molar-refractivity contribution in [3.63, 3.8) is 0 Å². The predicted octanol–water partition coefficient (Wildman–Crippen LogP) is 1.89. The molecule has 0 radical (unpaired) electrons. The van der Waals surface area contributed by atoms with E-state index in [1.165, 1.54) is 24.6 Å². The lowest BCUT2D eigenvalue weighted by Crippen LogP contribution is -2.62. The lowest BCUT2D eigenvalue weighted by Gasteiger charge is -2.52. The van der Waals surface area contributed by atoms with Crippen LogP contribution >= 0.6 is 0 Å². The molecule has 13 heteroatoms. The number of sulfone groups is 1. The number of aromatic nitrogens is 4. The van der Waals surface area contributed by atoms with E-state index in [0.29, 0.717) is 53.4 Å². The number of nitrogens with one attached hydrogen (secondary N) is 3. The average molecular weight is 669 g/mol. The molecule has 4 aromatic rings. The number of aromatic amines is 1. The van der Waals surface area contributed by atoms with Gasteiger partial charge in [-0.2, -0.15) is 10.2 Å². The molecule has 12 nitrogen and oxygen atoms in total. The van der Waals surface area contributed by atoms with Crippen molar-refractivity contribution in [2.75, 3.05) is 32.7 Å². The standard InChI is InChI=1S/C35H40N8O4S/c1-42-15-12-31(41-42)23-48(46,47)32-11-10-28(35(45)37-13-2-3-25-19-39-40-20-25)17-27(32)9-6-24-4-7-26(8-5-24)34(44)38-14-16-43-21-29-18-30(22-43)33(29)36/h4-5,7-8,10-12,15,17,19-20,29-30,33H,2-3,13-14,16,18,21-23,36H2,1H3,(H,37,45)(H,38,44)(H,39,40). The summed E-state index contributed by atoms with van der Waals surface area (Å²) < 4.78 is 28.6. The Hall–Kier alpha value is -4.77. The quantitative estimate of drug-likeness (QED) is 0.131. The molecule has 1 saturated carbocycles. The molecule has 48 heavy (non-hydrogen) atoms. The molecule has 3 fully saturated rings. The van der Waals surface area contributed by atoms with E-state index in [-0.39, 0.29) is 28.0 Å². The number of H-pyrrole nitrogens is 1. The van der Waals surface area contributed by atoms with Crippen LogP contribution in [0.5, 0.6) is 0 Å². The van der Waals surface area contributed by atoms with E-state index in [1.54, 1.807) is 54.5 Å². The molecular weight excluding hydrogens is 629 g/mol. The predicted molar refractivity (Wildman–Crippen MR) is 181 cm³/mol. The highest BCUT2D eigenvalue weighted by atomic mass is 32.2. The highest BCUT2D eigenvalue weighted by Crippen LogP contribution is 2.38. The van der Waals surface area contributed by atoms with Crippen molar-refractivity contribution >= 4 is 21.7 Å². The van der Waals surface area contributed by atoms with E-state index in [0.717, 1.165) is 38.0 Å². The summed E-state index contributed by atoms with van der Waals surface area (Å²) in [6.45, 7) is 3.78. The van der Waals surface area contributed by atoms with Gasteiger partial charge >= 0.3 is 0 Å². The molecule has 2 aromatic heterocycles. The molecule has 1 aliphatic carbocycles. The number of amides is 2. The van der Waals surface area contributed by atoms with Gasteiger partial charge in [0, 0.05) is 80.5 Å². The van der Waals surface area contributed by atoms with E-state index in [4.69, 9.17) is 5.73 Å². The van der Waals surface area contributed by atoms with Gasteiger partial charge in [0.2, 0.25) is 0 Å². The number of fused-ring (bicyclic) bond motifs is 2. The third kappa shape index (κ3) is 8.02. The molecule has 2 saturated heterocycles. The SMILES string of the molecule is Cn1ccc(CS(=O)(=O)c2ccc(C(=O)NCCCc3cn[nH]c3)cc2C#Cc2ccc(C(=O)NCCN3CC4CC(C3)C4N)cc2)n1. The van der Waals surface area contributed by atoms with Gasteiger partial charge in [0.1, 0.15) is 0 Å². The Morgan fingerprint density at radius 3 is 2.42 bits per heavy atom. The molecular formula is C35H40N8O4S. The van der Waals surface area contributed by atoms with E-state index in [9.17, 15) is 18.0 Å². The van der Waals surface area contributed by atoms with Gasteiger partial charge in [0.05, 0.1) is 22.5 Å². The first-order valence-electron chi connectivity index (χ1n) is 16.1. The largest absolute Gasteiger partial charge is 0.352 e. The summed E-state index contributed by atoms with van der Waals surface area (Å²) in [5.41, 5.74) is 9.22. The smallest absolute Gasteiger partial charge is 0.251 e. The second-order valence-electron chi connectivity index (χ2n) is 12.6. The van der Waals surface area contributed by atoms with Gasteiger partial charge in [-0.25, -0.2) is 8.42 Å². The minimum atomic E-state index is -3.84. The van der Waals surface area contributed by atoms with Crippen LogP contribution in [0.4, 0.5) is 0 Å². The van der Waals surface area contributed by atoms with Crippen molar-refractivity contribution in [2.24, 2.45) is 24.6 Å². The molecule has 2 bridgehead atoms. The van der Waals surface area contributed by atoms with Crippen LogP contribution in [0.2, 0.25) is 0 Å². The number of hydrogen-bond donors (Lipinski definition) is 4. The van der Waals surface area contributed by atoms with Crippen LogP contribution in [0.1, 0.15) is 55.9 Å². The van der Waals surface area contributed by atoms with Gasteiger partial charge in [0.25, 0.3) is 11.8 Å². The summed E-state index contributed by atoms with van der Waals surface area (Å²) in [4.78, 5) is 28.1. The number of piperidine rings is 2. The second-order valence-corrected chi connectivity index (χ2v) is 14.6. The lowest BCUT2D eigenvalue weighted by molar-refractivity contribution is 0.00373. The Morgan fingerprint density at radius 1 is 1.00 bits per heavy atom. The monoisotopic (exact) mass is 668 g/mol. The third-order valence-electron chi connectivity index (χ3n) is 9.05. The number of aryl methyl sites for hydroxylation is 2. The van der Waals surface area contributed by atoms with Gasteiger partial charge in [0.15, 0.2) is 9.84 Å². The highest BCUT2D eigenvalue weighted by molar-refractivity contribution is 7.90. The average Bonchev–Trinajstić information content (AvgIpc) is 3.76. The molecule has 4 heterocycles. The summed E-state index contributed by atoms with van der Waals surface area (Å²) >= 11 is 0. The van der Waals surface area contributed by atoms with Crippen LogP contribution in [-0.2, 0) is 29.1 Å². The summed E-state index contributed by atoms with van der Waals surface area (Å²) in [7, 11) is -2.12. The molecule has 2 aliphatic heterocycles. The van der Waals surface area contributed by atoms with E-state index in [2.05, 4.69) is 42.7 Å². The Kier molecular flexibility index (Phi) is 10.0. The van der Waals surface area contributed by atoms with Crippen LogP contribution in [0.15, 0.2) is 72.0 Å². The molecule has 2 unspecified atom stereocenters. The topological polar surface area (TPSA) is 168 Å². The Bertz CT molecular complexity index is 1910. The van der Waals surface area contributed by atoms with Crippen LogP contribution in [-0.4, -0.2) is 83.9 Å². The van der Waals surface area contributed by atoms with E-state index in [1.807, 2.05) is 6.20 Å². The number of nitrogens with two attached hydrogens (primary N) is 1. The summed E-state index contributed by atoms with van der Waals surface area (Å²) in [5.74, 6) is 6.35. The van der Waals surface area contributed by atoms with Crippen molar-refractivity contribution in [3.8, 4) is 11.8 Å². The molecule has 2 atom stereocenters. The van der Waals surface area contributed by atoms with Crippen LogP contribution in [0.25, 0.3) is 0 Å². The number of hydrogen-bond acceptors (Lipinski definition) is 8. The molecule has 2 amide bonds. The first kappa shape index (κ1) is 33.1. The molecule has 250 valence electrons. The number of nitrogens with zero attached hydrogens (tertiary/aromatic N) is 4. The number of benzene rings is 2. The first-order chi connectivity index (χ1) is 23.1. The van der Waals surface area contributed by atoms with Crippen molar-refractivity contribution < 1.29 is 18.0 Å². The number of rotatable bonds is 12. The van der Waals surface area contributed by atoms with Crippen molar-refractivity contribution in [1.82, 2.24) is 35.5 Å². The fraction of sp³-hybridized carbons (Fsp3) is 0.371. The van der Waals surface area contributed by atoms with Crippen molar-refractivity contribution in [2.45, 2.75) is 36.0 Å². The van der Waals surface area contributed by atoms with Crippen molar-refractivity contribution in [3.05, 3.63) is 101 Å². The number of carbonyl (C=O) groups excluding carboxylic acids is 2. The molecule has 7 rings (SSSR count). The number of carbonyl (C=O) groups is 2. The van der Waals surface area contributed by atoms with Gasteiger partial charge in [-0.05, 0) is 85.2 Å². The zero-order chi connectivity index (χ0) is 33.7. The maximum absolute atomic E-state index is 13.5. The third-order valence-corrected chi connectivity index (χ3v) is 10.7. The zero-order valence-electron chi connectivity index (χ0n) is 26.9. The fourth-order valence-corrected chi connectivity index (χ4v) is 7.76. The molecule has 3 aliphatic rings. The molecule has 2 aromatic carbocycles. The van der Waals surface area contributed by atoms with Crippen LogP contribution < -0.4 is 16.4 Å². The minimum absolute atomic E-state index is 0.0150. The van der Waals surface area contributed by atoms with Crippen molar-refractivity contribution in [1.29, 1.82) is 0 Å². The fourth-order valence-electron chi connectivity index (χ4n) is 6.34. The molecule has 5 N–H and O–H groups in total. The highest BCUT2D eigenvalue weighted by Gasteiger charge is 2.44. The Labute approximate surface area is 280 Å². The molecule has 0 spiro atoms. The maximum Gasteiger partial charge on any atom is 0.251 e. The van der Waals surface area contributed by atoms with Crippen LogP contribution in [0.3, 0.4) is 0 Å². The van der Waals surface area contributed by atoms with E-state index < -0.39 is 9.84 Å². The summed E-state index contributed by atoms with van der Waals surface area (Å²) in [6.07, 6.45) is 7.94. The van der Waals surface area contributed by atoms with Gasteiger partial charge in [-0.15, -0.1) is 0 Å². The van der Waals surface area contributed by atoms with E-state index >= 15 is 0 Å². The normalized spacial score (nSPS) is 18.8. The van der Waals surface area contributed by atoms with Gasteiger partial charge in [-0.1, -0.05) is 11.8 Å².